The summed E-state index contributed by atoms with van der Waals surface area (Å²) < 4.78 is 0. The topological polar surface area (TPSA) is 12.4 Å². The minimum absolute atomic E-state index is 0.416. The summed E-state index contributed by atoms with van der Waals surface area (Å²) >= 11 is 0. The third-order valence-corrected chi connectivity index (χ3v) is 3.29. The van der Waals surface area contributed by atoms with Gasteiger partial charge in [0.25, 0.3) is 0 Å². The largest absolute Gasteiger partial charge is 0.294 e. The summed E-state index contributed by atoms with van der Waals surface area (Å²) in [5.74, 6) is 1.40. The molecule has 0 saturated heterocycles. The van der Waals surface area contributed by atoms with E-state index in [0.29, 0.717) is 16.7 Å². The molecular formula is C18H37N. The lowest BCUT2D eigenvalue weighted by Gasteiger charge is -2.34. The van der Waals surface area contributed by atoms with Gasteiger partial charge in [0.05, 0.1) is 0 Å². The fraction of sp³-hybridized carbons (Fsp3) is 0.944. The van der Waals surface area contributed by atoms with Gasteiger partial charge in [-0.15, -0.1) is 0 Å². The Morgan fingerprint density at radius 3 is 1.95 bits per heavy atom. The molecule has 0 bridgehead atoms. The van der Waals surface area contributed by atoms with E-state index in [1.807, 2.05) is 0 Å². The zero-order valence-electron chi connectivity index (χ0n) is 14.9. The van der Waals surface area contributed by atoms with Crippen LogP contribution in [0.1, 0.15) is 81.6 Å². The standard InChI is InChI=1S/C18H37N/c1-14(2)10-16(4)19-12-15(3)11-18(8,9)13-17(5,6)7/h14-15H,10-13H2,1-9H3. The van der Waals surface area contributed by atoms with Gasteiger partial charge in [0.2, 0.25) is 0 Å². The molecule has 19 heavy (non-hydrogen) atoms. The molecule has 0 fully saturated rings. The first-order valence-corrected chi connectivity index (χ1v) is 7.91. The van der Waals surface area contributed by atoms with Crippen LogP contribution in [-0.4, -0.2) is 12.3 Å². The van der Waals surface area contributed by atoms with Crippen molar-refractivity contribution in [1.82, 2.24) is 0 Å². The van der Waals surface area contributed by atoms with Crippen molar-refractivity contribution >= 4 is 5.71 Å². The van der Waals surface area contributed by atoms with E-state index in [-0.39, 0.29) is 0 Å². The van der Waals surface area contributed by atoms with Gasteiger partial charge in [-0.2, -0.15) is 0 Å². The zero-order chi connectivity index (χ0) is 15.3. The van der Waals surface area contributed by atoms with Gasteiger partial charge in [-0.25, -0.2) is 0 Å². The Morgan fingerprint density at radius 1 is 1.00 bits per heavy atom. The lowest BCUT2D eigenvalue weighted by molar-refractivity contribution is 0.176. The maximum atomic E-state index is 4.76. The molecule has 0 N–H and O–H groups in total. The predicted molar refractivity (Wildman–Crippen MR) is 89.1 cm³/mol. The molecule has 114 valence electrons. The van der Waals surface area contributed by atoms with Gasteiger partial charge in [0.1, 0.15) is 0 Å². The first kappa shape index (κ1) is 18.7. The summed E-state index contributed by atoms with van der Waals surface area (Å²) in [6, 6.07) is 0. The molecule has 0 aromatic heterocycles. The van der Waals surface area contributed by atoms with E-state index in [4.69, 9.17) is 4.99 Å². The van der Waals surface area contributed by atoms with Crippen LogP contribution in [0.25, 0.3) is 0 Å². The molecule has 0 heterocycles. The van der Waals surface area contributed by atoms with Gasteiger partial charge >= 0.3 is 0 Å². The van der Waals surface area contributed by atoms with Gasteiger partial charge in [-0.1, -0.05) is 55.4 Å². The van der Waals surface area contributed by atoms with E-state index in [1.165, 1.54) is 18.6 Å². The van der Waals surface area contributed by atoms with Crippen molar-refractivity contribution in [2.75, 3.05) is 6.54 Å². The van der Waals surface area contributed by atoms with Crippen molar-refractivity contribution in [3.8, 4) is 0 Å². The summed E-state index contributed by atoms with van der Waals surface area (Å²) in [6.07, 6.45) is 3.68. The van der Waals surface area contributed by atoms with Gasteiger partial charge in [0.15, 0.2) is 0 Å². The molecule has 0 radical (unpaired) electrons. The minimum Gasteiger partial charge on any atom is -0.294 e. The first-order chi connectivity index (χ1) is 8.41. The molecule has 0 aromatic rings. The average molecular weight is 268 g/mol. The van der Waals surface area contributed by atoms with Crippen LogP contribution in [0.15, 0.2) is 4.99 Å². The highest BCUT2D eigenvalue weighted by atomic mass is 14.7. The molecule has 1 nitrogen and oxygen atoms in total. The molecule has 1 heteroatoms. The highest BCUT2D eigenvalue weighted by molar-refractivity contribution is 5.82. The molecule has 0 saturated carbocycles. The molecule has 0 rings (SSSR count). The van der Waals surface area contributed by atoms with Crippen molar-refractivity contribution < 1.29 is 0 Å². The number of hydrogen-bond acceptors (Lipinski definition) is 1. The minimum atomic E-state index is 0.416. The van der Waals surface area contributed by atoms with Crippen LogP contribution >= 0.6 is 0 Å². The lowest BCUT2D eigenvalue weighted by atomic mass is 9.72. The fourth-order valence-corrected chi connectivity index (χ4v) is 3.48. The van der Waals surface area contributed by atoms with Crippen LogP contribution in [-0.2, 0) is 0 Å². The Balaban J connectivity index is 4.27. The van der Waals surface area contributed by atoms with Crippen LogP contribution in [0.2, 0.25) is 0 Å². The summed E-state index contributed by atoms with van der Waals surface area (Å²) in [6.45, 7) is 21.8. The van der Waals surface area contributed by atoms with Crippen molar-refractivity contribution in [1.29, 1.82) is 0 Å². The van der Waals surface area contributed by atoms with Crippen LogP contribution in [0.5, 0.6) is 0 Å². The van der Waals surface area contributed by atoms with Crippen LogP contribution in [0.3, 0.4) is 0 Å². The Labute approximate surface area is 122 Å². The second kappa shape index (κ2) is 7.45. The quantitative estimate of drug-likeness (QED) is 0.503. The molecule has 1 unspecified atom stereocenters. The van der Waals surface area contributed by atoms with Crippen molar-refractivity contribution in [3.05, 3.63) is 0 Å². The number of hydrogen-bond donors (Lipinski definition) is 0. The predicted octanol–water partition coefficient (Wildman–Crippen LogP) is 5.98. The SMILES string of the molecule is CC(CC(C)C)=NCC(C)CC(C)(C)CC(C)(C)C. The molecule has 0 amide bonds. The van der Waals surface area contributed by atoms with Crippen LogP contribution in [0, 0.1) is 22.7 Å². The molecular weight excluding hydrogens is 230 g/mol. The second-order valence-electron chi connectivity index (χ2n) is 8.88. The highest BCUT2D eigenvalue weighted by Gasteiger charge is 2.26. The molecule has 0 aliphatic rings. The maximum absolute atomic E-state index is 4.76. The molecule has 0 aliphatic heterocycles. The van der Waals surface area contributed by atoms with Gasteiger partial charge in [0, 0.05) is 12.3 Å². The van der Waals surface area contributed by atoms with E-state index in [1.54, 1.807) is 0 Å². The van der Waals surface area contributed by atoms with Gasteiger partial charge < -0.3 is 0 Å². The Hall–Kier alpha value is -0.330. The maximum Gasteiger partial charge on any atom is 0.0414 e. The number of rotatable bonds is 7. The molecule has 1 atom stereocenters. The number of nitrogens with zero attached hydrogens (tertiary/aromatic N) is 1. The van der Waals surface area contributed by atoms with E-state index >= 15 is 0 Å². The van der Waals surface area contributed by atoms with Gasteiger partial charge in [-0.3, -0.25) is 4.99 Å². The van der Waals surface area contributed by atoms with Crippen molar-refractivity contribution in [2.24, 2.45) is 27.7 Å². The summed E-state index contributed by atoms with van der Waals surface area (Å²) in [5.41, 5.74) is 2.15. The number of aliphatic imine (C=N–C) groups is 1. The highest BCUT2D eigenvalue weighted by Crippen LogP contribution is 2.37. The second-order valence-corrected chi connectivity index (χ2v) is 8.88. The third-order valence-electron chi connectivity index (χ3n) is 3.29. The van der Waals surface area contributed by atoms with Crippen molar-refractivity contribution in [2.45, 2.75) is 81.6 Å². The van der Waals surface area contributed by atoms with Gasteiger partial charge in [-0.05, 0) is 48.9 Å². The Morgan fingerprint density at radius 2 is 1.53 bits per heavy atom. The Bertz CT molecular complexity index is 279. The van der Waals surface area contributed by atoms with Crippen LogP contribution in [0.4, 0.5) is 0 Å². The zero-order valence-corrected chi connectivity index (χ0v) is 14.9. The first-order valence-electron chi connectivity index (χ1n) is 7.91. The van der Waals surface area contributed by atoms with E-state index in [0.717, 1.165) is 18.9 Å². The summed E-state index contributed by atoms with van der Waals surface area (Å²) in [7, 11) is 0. The fourth-order valence-electron chi connectivity index (χ4n) is 3.48. The molecule has 0 aromatic carbocycles. The van der Waals surface area contributed by atoms with Crippen molar-refractivity contribution in [3.63, 3.8) is 0 Å². The third kappa shape index (κ3) is 11.2. The summed E-state index contributed by atoms with van der Waals surface area (Å²) in [5, 5.41) is 0. The molecule has 0 aliphatic carbocycles. The smallest absolute Gasteiger partial charge is 0.0414 e. The van der Waals surface area contributed by atoms with E-state index in [9.17, 15) is 0 Å². The molecule has 0 spiro atoms. The summed E-state index contributed by atoms with van der Waals surface area (Å²) in [4.78, 5) is 4.76. The van der Waals surface area contributed by atoms with E-state index < -0.39 is 0 Å². The monoisotopic (exact) mass is 267 g/mol. The van der Waals surface area contributed by atoms with E-state index in [2.05, 4.69) is 62.3 Å². The Kier molecular flexibility index (Phi) is 7.32. The van der Waals surface area contributed by atoms with Crippen LogP contribution < -0.4 is 0 Å². The lowest BCUT2D eigenvalue weighted by Crippen LogP contribution is -2.24. The average Bonchev–Trinajstić information content (AvgIpc) is 2.08. The normalized spacial score (nSPS) is 16.0.